The maximum atomic E-state index is 11.0. The SMILES string of the molecule is CC(C)[C@H](Nc1ccc(C#N)cc1Br)C(=O)O. The van der Waals surface area contributed by atoms with Crippen LogP contribution >= 0.6 is 15.9 Å². The minimum Gasteiger partial charge on any atom is -0.480 e. The molecule has 0 unspecified atom stereocenters. The van der Waals surface area contributed by atoms with Crippen molar-refractivity contribution in [3.63, 3.8) is 0 Å². The van der Waals surface area contributed by atoms with Crippen molar-refractivity contribution >= 4 is 27.6 Å². The molecule has 1 atom stereocenters. The molecule has 1 aromatic carbocycles. The first-order valence-corrected chi connectivity index (χ1v) is 5.94. The number of nitriles is 1. The van der Waals surface area contributed by atoms with Gasteiger partial charge in [-0.1, -0.05) is 13.8 Å². The van der Waals surface area contributed by atoms with Gasteiger partial charge in [0.15, 0.2) is 0 Å². The zero-order chi connectivity index (χ0) is 13.0. The Bertz CT molecular complexity index is 466. The summed E-state index contributed by atoms with van der Waals surface area (Å²) in [5.41, 5.74) is 1.20. The summed E-state index contributed by atoms with van der Waals surface area (Å²) in [7, 11) is 0. The van der Waals surface area contributed by atoms with Gasteiger partial charge in [-0.05, 0) is 40.0 Å². The van der Waals surface area contributed by atoms with Crippen LogP contribution in [0.25, 0.3) is 0 Å². The molecule has 0 aliphatic carbocycles. The minimum absolute atomic E-state index is 0.0324. The Morgan fingerprint density at radius 1 is 1.53 bits per heavy atom. The van der Waals surface area contributed by atoms with Gasteiger partial charge < -0.3 is 10.4 Å². The van der Waals surface area contributed by atoms with Crippen molar-refractivity contribution in [3.8, 4) is 6.07 Å². The summed E-state index contributed by atoms with van der Waals surface area (Å²) in [5.74, 6) is -0.925. The topological polar surface area (TPSA) is 73.1 Å². The quantitative estimate of drug-likeness (QED) is 0.896. The van der Waals surface area contributed by atoms with E-state index in [1.54, 1.807) is 18.2 Å². The zero-order valence-corrected chi connectivity index (χ0v) is 11.2. The maximum absolute atomic E-state index is 11.0. The fourth-order valence-electron chi connectivity index (χ4n) is 1.38. The lowest BCUT2D eigenvalue weighted by atomic mass is 10.0. The molecule has 0 bridgehead atoms. The molecular weight excluding hydrogens is 284 g/mol. The number of carboxylic acid groups (broad SMARTS) is 1. The van der Waals surface area contributed by atoms with Gasteiger partial charge in [-0.2, -0.15) is 5.26 Å². The van der Waals surface area contributed by atoms with Crippen LogP contribution in [0.15, 0.2) is 22.7 Å². The summed E-state index contributed by atoms with van der Waals surface area (Å²) >= 11 is 3.31. The van der Waals surface area contributed by atoms with Crippen LogP contribution < -0.4 is 5.32 Å². The molecule has 1 rings (SSSR count). The Labute approximate surface area is 108 Å². The highest BCUT2D eigenvalue weighted by molar-refractivity contribution is 9.10. The van der Waals surface area contributed by atoms with E-state index >= 15 is 0 Å². The lowest BCUT2D eigenvalue weighted by molar-refractivity contribution is -0.138. The Morgan fingerprint density at radius 3 is 2.59 bits per heavy atom. The van der Waals surface area contributed by atoms with Gasteiger partial charge in [-0.3, -0.25) is 0 Å². The Kier molecular flexibility index (Phi) is 4.53. The van der Waals surface area contributed by atoms with Crippen LogP contribution in [0, 0.1) is 17.2 Å². The molecule has 4 nitrogen and oxygen atoms in total. The van der Waals surface area contributed by atoms with E-state index in [4.69, 9.17) is 10.4 Å². The van der Waals surface area contributed by atoms with E-state index < -0.39 is 12.0 Å². The number of rotatable bonds is 4. The second kappa shape index (κ2) is 5.69. The molecule has 0 radical (unpaired) electrons. The second-order valence-electron chi connectivity index (χ2n) is 4.01. The Hall–Kier alpha value is -1.54. The average molecular weight is 297 g/mol. The van der Waals surface area contributed by atoms with Crippen molar-refractivity contribution < 1.29 is 9.90 Å². The van der Waals surface area contributed by atoms with E-state index in [2.05, 4.69) is 21.2 Å². The monoisotopic (exact) mass is 296 g/mol. The van der Waals surface area contributed by atoms with Crippen LogP contribution in [0.3, 0.4) is 0 Å². The molecule has 2 N–H and O–H groups in total. The normalized spacial score (nSPS) is 11.9. The highest BCUT2D eigenvalue weighted by Gasteiger charge is 2.21. The number of aliphatic carboxylic acids is 1. The molecule has 17 heavy (non-hydrogen) atoms. The van der Waals surface area contributed by atoms with Gasteiger partial charge >= 0.3 is 5.97 Å². The first kappa shape index (κ1) is 13.5. The van der Waals surface area contributed by atoms with Crippen molar-refractivity contribution in [2.75, 3.05) is 5.32 Å². The standard InChI is InChI=1S/C12H13BrN2O2/c1-7(2)11(12(16)17)15-10-4-3-8(6-14)5-9(10)13/h3-5,7,11,15H,1-2H3,(H,16,17)/t11-/m0/s1. The molecule has 0 fully saturated rings. The maximum Gasteiger partial charge on any atom is 0.326 e. The van der Waals surface area contributed by atoms with E-state index in [0.717, 1.165) is 0 Å². The molecule has 0 aliphatic heterocycles. The third-order valence-electron chi connectivity index (χ3n) is 2.34. The van der Waals surface area contributed by atoms with Crippen LogP contribution in [-0.4, -0.2) is 17.1 Å². The summed E-state index contributed by atoms with van der Waals surface area (Å²) in [6.45, 7) is 3.67. The number of carbonyl (C=O) groups is 1. The molecule has 90 valence electrons. The van der Waals surface area contributed by atoms with E-state index in [1.807, 2.05) is 19.9 Å². The molecule has 0 amide bonds. The van der Waals surface area contributed by atoms with Gasteiger partial charge in [0.25, 0.3) is 0 Å². The number of hydrogen-bond donors (Lipinski definition) is 2. The molecular formula is C12H13BrN2O2. The Balaban J connectivity index is 2.95. The number of halogens is 1. The number of nitrogens with zero attached hydrogens (tertiary/aromatic N) is 1. The van der Waals surface area contributed by atoms with Gasteiger partial charge in [-0.15, -0.1) is 0 Å². The fraction of sp³-hybridized carbons (Fsp3) is 0.333. The second-order valence-corrected chi connectivity index (χ2v) is 4.87. The third kappa shape index (κ3) is 3.46. The highest BCUT2D eigenvalue weighted by atomic mass is 79.9. The van der Waals surface area contributed by atoms with Crippen LogP contribution in [0.4, 0.5) is 5.69 Å². The van der Waals surface area contributed by atoms with E-state index in [-0.39, 0.29) is 5.92 Å². The van der Waals surface area contributed by atoms with Gasteiger partial charge in [0.1, 0.15) is 6.04 Å². The summed E-state index contributed by atoms with van der Waals surface area (Å²) in [4.78, 5) is 11.0. The molecule has 5 heteroatoms. The number of benzene rings is 1. The van der Waals surface area contributed by atoms with E-state index in [9.17, 15) is 4.79 Å². The van der Waals surface area contributed by atoms with E-state index in [0.29, 0.717) is 15.7 Å². The molecule has 0 heterocycles. The lowest BCUT2D eigenvalue weighted by Gasteiger charge is -2.20. The van der Waals surface area contributed by atoms with Crippen molar-refractivity contribution in [2.45, 2.75) is 19.9 Å². The number of nitrogens with one attached hydrogen (secondary N) is 1. The smallest absolute Gasteiger partial charge is 0.326 e. The van der Waals surface area contributed by atoms with Crippen LogP contribution in [0.2, 0.25) is 0 Å². The number of carboxylic acids is 1. The molecule has 0 spiro atoms. The predicted octanol–water partition coefficient (Wildman–Crippen LogP) is 2.84. The largest absolute Gasteiger partial charge is 0.480 e. The van der Waals surface area contributed by atoms with Gasteiger partial charge in [0.05, 0.1) is 11.6 Å². The van der Waals surface area contributed by atoms with Crippen molar-refractivity contribution in [1.82, 2.24) is 0 Å². The summed E-state index contributed by atoms with van der Waals surface area (Å²) < 4.78 is 0.684. The highest BCUT2D eigenvalue weighted by Crippen LogP contribution is 2.25. The van der Waals surface area contributed by atoms with E-state index in [1.165, 1.54) is 0 Å². The molecule has 1 aromatic rings. The van der Waals surface area contributed by atoms with Gasteiger partial charge in [-0.25, -0.2) is 4.79 Å². The fourth-order valence-corrected chi connectivity index (χ4v) is 1.88. The minimum atomic E-state index is -0.892. The Morgan fingerprint density at radius 2 is 2.18 bits per heavy atom. The third-order valence-corrected chi connectivity index (χ3v) is 3.00. The first-order valence-electron chi connectivity index (χ1n) is 5.14. The van der Waals surface area contributed by atoms with Crippen molar-refractivity contribution in [1.29, 1.82) is 5.26 Å². The molecule has 0 saturated carbocycles. The molecule has 0 aromatic heterocycles. The van der Waals surface area contributed by atoms with Crippen molar-refractivity contribution in [2.24, 2.45) is 5.92 Å². The zero-order valence-electron chi connectivity index (χ0n) is 9.57. The predicted molar refractivity (Wildman–Crippen MR) is 68.7 cm³/mol. The van der Waals surface area contributed by atoms with Gasteiger partial charge in [0, 0.05) is 10.2 Å². The molecule has 0 aliphatic rings. The summed E-state index contributed by atoms with van der Waals surface area (Å²) in [5, 5.41) is 20.7. The van der Waals surface area contributed by atoms with Gasteiger partial charge in [0.2, 0.25) is 0 Å². The lowest BCUT2D eigenvalue weighted by Crippen LogP contribution is -2.34. The average Bonchev–Trinajstić information content (AvgIpc) is 2.26. The molecule has 0 saturated heterocycles. The van der Waals surface area contributed by atoms with Crippen LogP contribution in [0.1, 0.15) is 19.4 Å². The van der Waals surface area contributed by atoms with Crippen LogP contribution in [0.5, 0.6) is 0 Å². The summed E-state index contributed by atoms with van der Waals surface area (Å²) in [6, 6.07) is 6.36. The number of hydrogen-bond acceptors (Lipinski definition) is 3. The first-order chi connectivity index (χ1) is 7.95. The number of anilines is 1. The van der Waals surface area contributed by atoms with Crippen molar-refractivity contribution in [3.05, 3.63) is 28.2 Å². The van der Waals surface area contributed by atoms with Crippen LogP contribution in [-0.2, 0) is 4.79 Å². The summed E-state index contributed by atoms with van der Waals surface area (Å²) in [6.07, 6.45) is 0.